The van der Waals surface area contributed by atoms with Crippen molar-refractivity contribution in [2.24, 2.45) is 0 Å². The van der Waals surface area contributed by atoms with E-state index in [9.17, 15) is 4.39 Å². The van der Waals surface area contributed by atoms with Gasteiger partial charge in [-0.15, -0.1) is 0 Å². The van der Waals surface area contributed by atoms with Gasteiger partial charge in [0.05, 0.1) is 11.7 Å². The Bertz CT molecular complexity index is 468. The molecule has 1 N–H and O–H groups in total. The first-order valence-electron chi connectivity index (χ1n) is 3.92. The van der Waals surface area contributed by atoms with Gasteiger partial charge in [0.2, 0.25) is 0 Å². The van der Waals surface area contributed by atoms with Gasteiger partial charge >= 0.3 is 0 Å². The fourth-order valence-electron chi connectivity index (χ4n) is 1.31. The lowest BCUT2D eigenvalue weighted by Crippen LogP contribution is -1.87. The zero-order valence-corrected chi connectivity index (χ0v) is 7.08. The Labute approximate surface area is 74.7 Å². The first-order valence-corrected chi connectivity index (χ1v) is 3.92. The molecule has 0 atom stereocenters. The summed E-state index contributed by atoms with van der Waals surface area (Å²) in [4.78, 5) is 3.95. The fourth-order valence-corrected chi connectivity index (χ4v) is 1.31. The van der Waals surface area contributed by atoms with Crippen molar-refractivity contribution in [1.29, 1.82) is 0 Å². The van der Waals surface area contributed by atoms with E-state index in [0.717, 1.165) is 5.39 Å². The molecular formula is C10H8FNO. The minimum atomic E-state index is -0.273. The minimum absolute atomic E-state index is 0.0958. The van der Waals surface area contributed by atoms with Crippen LogP contribution in [-0.4, -0.2) is 10.1 Å². The number of rotatable bonds is 0. The average Bonchev–Trinajstić information content (AvgIpc) is 2.12. The van der Waals surface area contributed by atoms with E-state index in [1.165, 1.54) is 12.3 Å². The van der Waals surface area contributed by atoms with Crippen LogP contribution in [-0.2, 0) is 0 Å². The number of hydrogen-bond acceptors (Lipinski definition) is 2. The van der Waals surface area contributed by atoms with Crippen LogP contribution in [0.1, 0.15) is 5.56 Å². The minimum Gasteiger partial charge on any atom is -0.506 e. The van der Waals surface area contributed by atoms with Crippen LogP contribution in [0.25, 0.3) is 10.9 Å². The molecule has 13 heavy (non-hydrogen) atoms. The summed E-state index contributed by atoms with van der Waals surface area (Å²) < 4.78 is 13.0. The van der Waals surface area contributed by atoms with Gasteiger partial charge in [0.1, 0.15) is 11.6 Å². The van der Waals surface area contributed by atoms with Crippen molar-refractivity contribution in [2.75, 3.05) is 0 Å². The van der Waals surface area contributed by atoms with Gasteiger partial charge < -0.3 is 5.11 Å². The molecule has 0 amide bonds. The van der Waals surface area contributed by atoms with E-state index in [2.05, 4.69) is 4.98 Å². The van der Waals surface area contributed by atoms with Crippen molar-refractivity contribution in [2.45, 2.75) is 6.92 Å². The molecule has 0 aliphatic carbocycles. The molecule has 66 valence electrons. The summed E-state index contributed by atoms with van der Waals surface area (Å²) >= 11 is 0. The number of pyridine rings is 1. The van der Waals surface area contributed by atoms with E-state index in [-0.39, 0.29) is 11.6 Å². The average molecular weight is 177 g/mol. The van der Waals surface area contributed by atoms with Crippen LogP contribution in [0.15, 0.2) is 24.4 Å². The summed E-state index contributed by atoms with van der Waals surface area (Å²) in [7, 11) is 0. The van der Waals surface area contributed by atoms with Crippen molar-refractivity contribution in [3.05, 3.63) is 35.8 Å². The van der Waals surface area contributed by atoms with Crippen molar-refractivity contribution >= 4 is 10.9 Å². The molecule has 0 saturated heterocycles. The SMILES string of the molecule is Cc1c(F)ccc2cc(O)cnc12. The maximum Gasteiger partial charge on any atom is 0.134 e. The lowest BCUT2D eigenvalue weighted by Gasteiger charge is -2.02. The highest BCUT2D eigenvalue weighted by molar-refractivity contribution is 5.82. The smallest absolute Gasteiger partial charge is 0.134 e. The lowest BCUT2D eigenvalue weighted by atomic mass is 10.1. The van der Waals surface area contributed by atoms with Crippen LogP contribution >= 0.6 is 0 Å². The monoisotopic (exact) mass is 177 g/mol. The summed E-state index contributed by atoms with van der Waals surface area (Å²) in [5, 5.41) is 9.88. The molecular weight excluding hydrogens is 169 g/mol. The topological polar surface area (TPSA) is 33.1 Å². The Hall–Kier alpha value is -1.64. The van der Waals surface area contributed by atoms with E-state index >= 15 is 0 Å². The molecule has 0 unspecified atom stereocenters. The largest absolute Gasteiger partial charge is 0.506 e. The number of hydrogen-bond donors (Lipinski definition) is 1. The van der Waals surface area contributed by atoms with Crippen molar-refractivity contribution < 1.29 is 9.50 Å². The van der Waals surface area contributed by atoms with E-state index in [0.29, 0.717) is 11.1 Å². The second kappa shape index (κ2) is 2.69. The van der Waals surface area contributed by atoms with Gasteiger partial charge in [-0.25, -0.2) is 4.39 Å². The molecule has 0 aliphatic heterocycles. The normalized spacial score (nSPS) is 10.6. The second-order valence-corrected chi connectivity index (χ2v) is 2.94. The molecule has 0 spiro atoms. The van der Waals surface area contributed by atoms with Crippen LogP contribution in [0, 0.1) is 12.7 Å². The number of halogens is 1. The molecule has 1 aromatic heterocycles. The maximum atomic E-state index is 13.0. The van der Waals surface area contributed by atoms with Crippen LogP contribution in [0.4, 0.5) is 4.39 Å². The molecule has 0 saturated carbocycles. The quantitative estimate of drug-likeness (QED) is 0.670. The maximum absolute atomic E-state index is 13.0. The van der Waals surface area contributed by atoms with Gasteiger partial charge in [-0.05, 0) is 25.1 Å². The summed E-state index contributed by atoms with van der Waals surface area (Å²) in [5.41, 5.74) is 1.11. The predicted octanol–water partition coefficient (Wildman–Crippen LogP) is 2.39. The number of aromatic hydroxyl groups is 1. The van der Waals surface area contributed by atoms with Gasteiger partial charge in [0.15, 0.2) is 0 Å². The Balaban J connectivity index is 2.87. The van der Waals surface area contributed by atoms with Gasteiger partial charge in [-0.1, -0.05) is 0 Å². The van der Waals surface area contributed by atoms with Crippen LogP contribution < -0.4 is 0 Å². The first kappa shape index (κ1) is 7.98. The molecule has 0 radical (unpaired) electrons. The first-order chi connectivity index (χ1) is 6.18. The summed E-state index contributed by atoms with van der Waals surface area (Å²) in [5.74, 6) is -0.177. The van der Waals surface area contributed by atoms with Gasteiger partial charge in [-0.2, -0.15) is 0 Å². The van der Waals surface area contributed by atoms with E-state index in [1.807, 2.05) is 0 Å². The molecule has 2 rings (SSSR count). The number of nitrogens with zero attached hydrogens (tertiary/aromatic N) is 1. The van der Waals surface area contributed by atoms with Crippen LogP contribution in [0.2, 0.25) is 0 Å². The molecule has 0 fully saturated rings. The Morgan fingerprint density at radius 2 is 2.15 bits per heavy atom. The number of fused-ring (bicyclic) bond motifs is 1. The number of aromatic nitrogens is 1. The Morgan fingerprint density at radius 1 is 1.38 bits per heavy atom. The number of benzene rings is 1. The molecule has 1 heterocycles. The molecule has 3 heteroatoms. The molecule has 2 aromatic rings. The highest BCUT2D eigenvalue weighted by atomic mass is 19.1. The third kappa shape index (κ3) is 1.22. The molecule has 1 aromatic carbocycles. The van der Waals surface area contributed by atoms with E-state index in [4.69, 9.17) is 5.11 Å². The van der Waals surface area contributed by atoms with Crippen LogP contribution in [0.5, 0.6) is 5.75 Å². The van der Waals surface area contributed by atoms with Crippen LogP contribution in [0.3, 0.4) is 0 Å². The molecule has 2 nitrogen and oxygen atoms in total. The van der Waals surface area contributed by atoms with E-state index in [1.54, 1.807) is 19.1 Å². The Kier molecular flexibility index (Phi) is 1.65. The zero-order valence-electron chi connectivity index (χ0n) is 7.08. The third-order valence-corrected chi connectivity index (χ3v) is 2.03. The summed E-state index contributed by atoms with van der Waals surface area (Å²) in [6, 6.07) is 4.54. The molecule has 0 aliphatic rings. The van der Waals surface area contributed by atoms with E-state index < -0.39 is 0 Å². The Morgan fingerprint density at radius 3 is 2.92 bits per heavy atom. The van der Waals surface area contributed by atoms with Gasteiger partial charge in [0.25, 0.3) is 0 Å². The van der Waals surface area contributed by atoms with Crippen molar-refractivity contribution in [3.8, 4) is 5.75 Å². The fraction of sp³-hybridized carbons (Fsp3) is 0.100. The predicted molar refractivity (Wildman–Crippen MR) is 48.1 cm³/mol. The van der Waals surface area contributed by atoms with Crippen molar-refractivity contribution in [1.82, 2.24) is 4.98 Å². The van der Waals surface area contributed by atoms with Gasteiger partial charge in [0, 0.05) is 10.9 Å². The second-order valence-electron chi connectivity index (χ2n) is 2.94. The standard InChI is InChI=1S/C10H8FNO/c1-6-9(11)3-2-7-4-8(13)5-12-10(6)7/h2-5,13H,1H3. The number of aryl methyl sites for hydroxylation is 1. The zero-order chi connectivity index (χ0) is 9.42. The summed E-state index contributed by atoms with van der Waals surface area (Å²) in [6.45, 7) is 1.67. The highest BCUT2D eigenvalue weighted by Gasteiger charge is 2.04. The van der Waals surface area contributed by atoms with Crippen molar-refractivity contribution in [3.63, 3.8) is 0 Å². The highest BCUT2D eigenvalue weighted by Crippen LogP contribution is 2.21. The molecule has 0 bridgehead atoms. The third-order valence-electron chi connectivity index (χ3n) is 2.03. The lowest BCUT2D eigenvalue weighted by molar-refractivity contribution is 0.474. The van der Waals surface area contributed by atoms with Gasteiger partial charge in [-0.3, -0.25) is 4.98 Å². The summed E-state index contributed by atoms with van der Waals surface area (Å²) in [6.07, 6.45) is 1.31.